The van der Waals surface area contributed by atoms with Gasteiger partial charge in [0, 0.05) is 35.5 Å². The van der Waals surface area contributed by atoms with Gasteiger partial charge < -0.3 is 19.7 Å². The number of carbonyl (C=O) groups excluding carboxylic acids is 2. The Kier molecular flexibility index (Phi) is 10.6. The lowest BCUT2D eigenvalue weighted by Gasteiger charge is -2.26. The van der Waals surface area contributed by atoms with Crippen molar-refractivity contribution in [1.29, 1.82) is 0 Å². The lowest BCUT2D eigenvalue weighted by Crippen LogP contribution is -2.33. The average Bonchev–Trinajstić information content (AvgIpc) is 3.09. The van der Waals surface area contributed by atoms with Crippen molar-refractivity contribution in [2.45, 2.75) is 25.9 Å². The van der Waals surface area contributed by atoms with Crippen molar-refractivity contribution in [1.82, 2.24) is 0 Å². The smallest absolute Gasteiger partial charge is 0.328 e. The fraction of sp³-hybridized carbons (Fsp3) is 0.179. The number of hydrogen-bond donors (Lipinski definition) is 1. The van der Waals surface area contributed by atoms with Crippen molar-refractivity contribution in [3.05, 3.63) is 161 Å². The summed E-state index contributed by atoms with van der Waals surface area (Å²) in [7, 11) is 1.37. The molecule has 0 aliphatic heterocycles. The molecule has 228 valence electrons. The molecule has 0 spiro atoms. The van der Waals surface area contributed by atoms with Crippen LogP contribution in [0, 0.1) is 6.92 Å². The van der Waals surface area contributed by atoms with Gasteiger partial charge in [-0.3, -0.25) is 4.79 Å². The van der Waals surface area contributed by atoms with Crippen LogP contribution in [0.4, 0.5) is 11.4 Å². The Bertz CT molecular complexity index is 1690. The van der Waals surface area contributed by atoms with Gasteiger partial charge in [0.15, 0.2) is 5.78 Å². The summed E-state index contributed by atoms with van der Waals surface area (Å²) in [5, 5.41) is 3.27. The monoisotopic (exact) mass is 598 g/mol. The molecule has 0 bridgehead atoms. The molecule has 1 unspecified atom stereocenters. The molecule has 1 N–H and O–H groups in total. The predicted octanol–water partition coefficient (Wildman–Crippen LogP) is 7.51. The first kappa shape index (κ1) is 31.1. The maximum Gasteiger partial charge on any atom is 0.328 e. The molecule has 0 amide bonds. The van der Waals surface area contributed by atoms with Gasteiger partial charge >= 0.3 is 5.97 Å². The predicted molar refractivity (Wildman–Crippen MR) is 180 cm³/mol. The van der Waals surface area contributed by atoms with Crippen molar-refractivity contribution in [2.24, 2.45) is 0 Å². The van der Waals surface area contributed by atoms with Gasteiger partial charge in [-0.05, 0) is 53.9 Å². The lowest BCUT2D eigenvalue weighted by atomic mass is 10.00. The number of carbonyl (C=O) groups is 2. The zero-order chi connectivity index (χ0) is 31.4. The SMILES string of the molecule is COC(=O)C(Cc1ccc(OCCN(Cc2ccccc2)c2ccccc2C)cc1)Nc1ccccc1C(=O)c1ccccc1. The maximum absolute atomic E-state index is 13.2. The second kappa shape index (κ2) is 15.4. The summed E-state index contributed by atoms with van der Waals surface area (Å²) in [6.45, 7) is 4.15. The van der Waals surface area contributed by atoms with Crippen molar-refractivity contribution >= 4 is 23.1 Å². The average molecular weight is 599 g/mol. The highest BCUT2D eigenvalue weighted by atomic mass is 16.5. The van der Waals surface area contributed by atoms with E-state index in [1.54, 1.807) is 24.3 Å². The number of ketones is 1. The number of ether oxygens (including phenoxy) is 2. The minimum absolute atomic E-state index is 0.117. The highest BCUT2D eigenvalue weighted by Crippen LogP contribution is 2.24. The minimum Gasteiger partial charge on any atom is -0.492 e. The van der Waals surface area contributed by atoms with Crippen LogP contribution >= 0.6 is 0 Å². The summed E-state index contributed by atoms with van der Waals surface area (Å²) in [6.07, 6.45) is 0.374. The first-order valence-electron chi connectivity index (χ1n) is 15.1. The number of nitrogens with one attached hydrogen (secondary N) is 1. The Morgan fingerprint density at radius 3 is 2.09 bits per heavy atom. The summed E-state index contributed by atoms with van der Waals surface area (Å²) in [5.41, 5.74) is 6.24. The van der Waals surface area contributed by atoms with Crippen LogP contribution in [0.5, 0.6) is 5.75 Å². The first-order valence-corrected chi connectivity index (χ1v) is 15.1. The van der Waals surface area contributed by atoms with E-state index in [0.717, 1.165) is 24.4 Å². The van der Waals surface area contributed by atoms with E-state index >= 15 is 0 Å². The van der Waals surface area contributed by atoms with Crippen LogP contribution in [-0.4, -0.2) is 38.1 Å². The van der Waals surface area contributed by atoms with Crippen molar-refractivity contribution in [2.75, 3.05) is 30.5 Å². The molecule has 1 atom stereocenters. The van der Waals surface area contributed by atoms with Crippen LogP contribution in [0.15, 0.2) is 133 Å². The number of hydrogen-bond acceptors (Lipinski definition) is 6. The van der Waals surface area contributed by atoms with Crippen LogP contribution in [0.1, 0.15) is 32.6 Å². The normalized spacial score (nSPS) is 11.3. The van der Waals surface area contributed by atoms with E-state index in [1.165, 1.54) is 23.9 Å². The number of benzene rings is 5. The molecule has 0 aromatic heterocycles. The van der Waals surface area contributed by atoms with E-state index in [2.05, 4.69) is 65.7 Å². The van der Waals surface area contributed by atoms with Crippen LogP contribution in [0.3, 0.4) is 0 Å². The zero-order valence-corrected chi connectivity index (χ0v) is 25.7. The molecule has 5 aromatic rings. The highest BCUT2D eigenvalue weighted by molar-refractivity contribution is 6.12. The number of nitrogens with zero attached hydrogens (tertiary/aromatic N) is 1. The molecule has 5 rings (SSSR count). The van der Waals surface area contributed by atoms with Gasteiger partial charge in [0.2, 0.25) is 0 Å². The van der Waals surface area contributed by atoms with E-state index in [0.29, 0.717) is 29.8 Å². The molecule has 0 saturated heterocycles. The molecular weight excluding hydrogens is 560 g/mol. The molecule has 5 aromatic carbocycles. The van der Waals surface area contributed by atoms with Crippen LogP contribution in [0.25, 0.3) is 0 Å². The Hall–Kier alpha value is -5.36. The second-order valence-electron chi connectivity index (χ2n) is 10.9. The summed E-state index contributed by atoms with van der Waals surface area (Å²) >= 11 is 0. The third kappa shape index (κ3) is 8.39. The quantitative estimate of drug-likeness (QED) is 0.105. The molecule has 6 heteroatoms. The Morgan fingerprint density at radius 1 is 0.733 bits per heavy atom. The number of para-hydroxylation sites is 2. The van der Waals surface area contributed by atoms with Crippen LogP contribution in [-0.2, 0) is 22.5 Å². The maximum atomic E-state index is 13.2. The third-order valence-corrected chi connectivity index (χ3v) is 7.69. The second-order valence-corrected chi connectivity index (χ2v) is 10.9. The van der Waals surface area contributed by atoms with E-state index in [1.807, 2.05) is 60.7 Å². The molecule has 6 nitrogen and oxygen atoms in total. The number of rotatable bonds is 14. The number of esters is 1. The molecule has 0 aliphatic rings. The molecule has 0 heterocycles. The number of anilines is 2. The molecule has 0 radical (unpaired) electrons. The number of aryl methyl sites for hydroxylation is 1. The van der Waals surface area contributed by atoms with Gasteiger partial charge in [-0.1, -0.05) is 103 Å². The van der Waals surface area contributed by atoms with Crippen molar-refractivity contribution in [3.63, 3.8) is 0 Å². The molecule has 0 fully saturated rings. The largest absolute Gasteiger partial charge is 0.492 e. The van der Waals surface area contributed by atoms with Gasteiger partial charge in [-0.25, -0.2) is 4.79 Å². The Balaban J connectivity index is 1.23. The summed E-state index contributed by atoms with van der Waals surface area (Å²) in [5.74, 6) is 0.227. The molecule has 0 aliphatic carbocycles. The van der Waals surface area contributed by atoms with Crippen LogP contribution < -0.4 is 15.0 Å². The zero-order valence-electron chi connectivity index (χ0n) is 25.7. The Labute approximate surface area is 265 Å². The third-order valence-electron chi connectivity index (χ3n) is 7.69. The first-order chi connectivity index (χ1) is 22.0. The molecular formula is C39H38N2O4. The van der Waals surface area contributed by atoms with Gasteiger partial charge in [0.1, 0.15) is 18.4 Å². The van der Waals surface area contributed by atoms with Gasteiger partial charge in [-0.2, -0.15) is 0 Å². The van der Waals surface area contributed by atoms with E-state index in [4.69, 9.17) is 9.47 Å². The fourth-order valence-corrected chi connectivity index (χ4v) is 5.31. The summed E-state index contributed by atoms with van der Waals surface area (Å²) < 4.78 is 11.3. The summed E-state index contributed by atoms with van der Waals surface area (Å²) in [4.78, 5) is 28.4. The highest BCUT2D eigenvalue weighted by Gasteiger charge is 2.22. The molecule has 45 heavy (non-hydrogen) atoms. The van der Waals surface area contributed by atoms with Gasteiger partial charge in [0.25, 0.3) is 0 Å². The Morgan fingerprint density at radius 2 is 1.38 bits per heavy atom. The summed E-state index contributed by atoms with van der Waals surface area (Å²) in [6, 6.07) is 42.2. The van der Waals surface area contributed by atoms with E-state index in [9.17, 15) is 9.59 Å². The van der Waals surface area contributed by atoms with Crippen molar-refractivity contribution in [3.8, 4) is 5.75 Å². The van der Waals surface area contributed by atoms with Crippen LogP contribution in [0.2, 0.25) is 0 Å². The minimum atomic E-state index is -0.688. The topological polar surface area (TPSA) is 67.9 Å². The standard InChI is InChI=1S/C39H38N2O4/c1-29-13-9-12-20-37(29)41(28-31-14-5-3-6-15-31)25-26-45-33-23-21-30(22-24-33)27-36(39(43)44-2)40-35-19-11-10-18-34(35)38(42)32-16-7-4-8-17-32/h3-24,36,40H,25-28H2,1-2H3. The molecule has 0 saturated carbocycles. The van der Waals surface area contributed by atoms with Gasteiger partial charge in [-0.15, -0.1) is 0 Å². The van der Waals surface area contributed by atoms with Crippen molar-refractivity contribution < 1.29 is 19.1 Å². The fourth-order valence-electron chi connectivity index (χ4n) is 5.31. The number of methoxy groups -OCH3 is 1. The lowest BCUT2D eigenvalue weighted by molar-refractivity contribution is -0.141. The van der Waals surface area contributed by atoms with E-state index < -0.39 is 12.0 Å². The van der Waals surface area contributed by atoms with Gasteiger partial charge in [0.05, 0.1) is 13.7 Å². The van der Waals surface area contributed by atoms with E-state index in [-0.39, 0.29) is 5.78 Å².